The van der Waals surface area contributed by atoms with Crippen molar-refractivity contribution in [3.63, 3.8) is 0 Å². The summed E-state index contributed by atoms with van der Waals surface area (Å²) >= 11 is 0. The summed E-state index contributed by atoms with van der Waals surface area (Å²) in [5, 5.41) is 10.6. The quantitative estimate of drug-likeness (QED) is 0.787. The largest absolute Gasteiger partial charge is 0.480 e. The minimum Gasteiger partial charge on any atom is -0.480 e. The van der Waals surface area contributed by atoms with Gasteiger partial charge in [0, 0.05) is 0 Å². The molecule has 4 nitrogen and oxygen atoms in total. The number of carbonyl (C=O) groups is 2. The zero-order valence-electron chi connectivity index (χ0n) is 9.18. The molecule has 7 heteroatoms. The summed E-state index contributed by atoms with van der Waals surface area (Å²) in [7, 11) is 0. The Labute approximate surface area is 90.8 Å². The van der Waals surface area contributed by atoms with Crippen LogP contribution < -0.4 is 5.32 Å². The van der Waals surface area contributed by atoms with E-state index in [4.69, 9.17) is 5.11 Å². The highest BCUT2D eigenvalue weighted by Crippen LogP contribution is 2.22. The van der Waals surface area contributed by atoms with Gasteiger partial charge in [-0.3, -0.25) is 4.79 Å². The van der Waals surface area contributed by atoms with Gasteiger partial charge in [0.15, 0.2) is 0 Å². The van der Waals surface area contributed by atoms with Crippen molar-refractivity contribution in [2.75, 3.05) is 0 Å². The van der Waals surface area contributed by atoms with E-state index in [1.54, 1.807) is 0 Å². The molecule has 0 saturated carbocycles. The Morgan fingerprint density at radius 2 is 1.69 bits per heavy atom. The molecule has 94 valence electrons. The number of carboxylic acid groups (broad SMARTS) is 1. The van der Waals surface area contributed by atoms with Crippen molar-refractivity contribution >= 4 is 11.9 Å². The van der Waals surface area contributed by atoms with Crippen LogP contribution in [-0.2, 0) is 9.59 Å². The number of amides is 1. The number of aliphatic carboxylic acids is 1. The molecule has 0 radical (unpaired) electrons. The second-order valence-corrected chi connectivity index (χ2v) is 4.50. The van der Waals surface area contributed by atoms with Crippen LogP contribution in [0.3, 0.4) is 0 Å². The van der Waals surface area contributed by atoms with E-state index in [1.165, 1.54) is 20.8 Å². The molecular weight excluding hydrogens is 227 g/mol. The normalized spacial score (nSPS) is 14.4. The van der Waals surface area contributed by atoms with E-state index in [1.807, 2.05) is 5.32 Å². The molecule has 0 spiro atoms. The molecular formula is C9H14F3NO3. The fourth-order valence-electron chi connectivity index (χ4n) is 1.04. The molecule has 0 bridgehead atoms. The lowest BCUT2D eigenvalue weighted by molar-refractivity contribution is -0.158. The average Bonchev–Trinajstić information content (AvgIpc) is 1.93. The number of hydrogen-bond acceptors (Lipinski definition) is 2. The maximum absolute atomic E-state index is 11.8. The van der Waals surface area contributed by atoms with Gasteiger partial charge in [-0.25, -0.2) is 4.79 Å². The fourth-order valence-corrected chi connectivity index (χ4v) is 1.04. The number of rotatable bonds is 3. The minimum absolute atomic E-state index is 0.854. The maximum atomic E-state index is 11.8. The smallest absolute Gasteiger partial charge is 0.397 e. The van der Waals surface area contributed by atoms with E-state index in [0.29, 0.717) is 0 Å². The van der Waals surface area contributed by atoms with Crippen molar-refractivity contribution < 1.29 is 27.9 Å². The molecule has 2 N–H and O–H groups in total. The van der Waals surface area contributed by atoms with Gasteiger partial charge in [0.05, 0.1) is 0 Å². The number of carboxylic acids is 1. The first kappa shape index (κ1) is 14.7. The zero-order valence-corrected chi connectivity index (χ0v) is 9.18. The first-order valence-corrected chi connectivity index (χ1v) is 4.52. The molecule has 0 aliphatic carbocycles. The molecule has 0 saturated heterocycles. The Hall–Kier alpha value is -1.27. The van der Waals surface area contributed by atoms with Crippen molar-refractivity contribution in [3.8, 4) is 0 Å². The van der Waals surface area contributed by atoms with Gasteiger partial charge in [-0.15, -0.1) is 0 Å². The highest BCUT2D eigenvalue weighted by atomic mass is 19.4. The topological polar surface area (TPSA) is 66.4 Å². The van der Waals surface area contributed by atoms with Crippen LogP contribution in [0.25, 0.3) is 0 Å². The van der Waals surface area contributed by atoms with Crippen LogP contribution in [0.5, 0.6) is 0 Å². The van der Waals surface area contributed by atoms with Crippen LogP contribution in [0.4, 0.5) is 13.2 Å². The molecule has 0 aliphatic heterocycles. The van der Waals surface area contributed by atoms with Crippen molar-refractivity contribution in [1.29, 1.82) is 0 Å². The molecule has 0 rings (SSSR count). The Morgan fingerprint density at radius 3 is 1.94 bits per heavy atom. The van der Waals surface area contributed by atoms with Gasteiger partial charge in [0.1, 0.15) is 12.5 Å². The van der Waals surface area contributed by atoms with Crippen LogP contribution in [0, 0.1) is 5.41 Å². The first-order valence-electron chi connectivity index (χ1n) is 4.52. The van der Waals surface area contributed by atoms with E-state index < -0.39 is 35.9 Å². The lowest BCUT2D eigenvalue weighted by atomic mass is 9.86. The average molecular weight is 241 g/mol. The summed E-state index contributed by atoms with van der Waals surface area (Å²) < 4.78 is 35.5. The number of carbonyl (C=O) groups excluding carboxylic acids is 1. The standard InChI is InChI=1S/C9H14F3NO3/c1-8(2,3)6(7(15)16)13-5(14)4-9(10,11)12/h6H,4H2,1-3H3,(H,13,14)(H,15,16)/t6-/m0/s1. The molecule has 16 heavy (non-hydrogen) atoms. The molecule has 1 amide bonds. The van der Waals surface area contributed by atoms with Crippen LogP contribution in [0.1, 0.15) is 27.2 Å². The van der Waals surface area contributed by atoms with Crippen molar-refractivity contribution in [1.82, 2.24) is 5.32 Å². The molecule has 0 aliphatic rings. The number of alkyl halides is 3. The van der Waals surface area contributed by atoms with E-state index in [0.717, 1.165) is 0 Å². The van der Waals surface area contributed by atoms with Crippen LogP contribution in [0.2, 0.25) is 0 Å². The lowest BCUT2D eigenvalue weighted by Gasteiger charge is -2.27. The summed E-state index contributed by atoms with van der Waals surface area (Å²) in [5.41, 5.74) is -0.854. The second kappa shape index (κ2) is 4.71. The summed E-state index contributed by atoms with van der Waals surface area (Å²) in [6, 6.07) is -1.35. The van der Waals surface area contributed by atoms with Gasteiger partial charge in [-0.1, -0.05) is 20.8 Å². The third-order valence-corrected chi connectivity index (χ3v) is 1.78. The predicted octanol–water partition coefficient (Wildman–Crippen LogP) is 1.55. The Morgan fingerprint density at radius 1 is 1.25 bits per heavy atom. The van der Waals surface area contributed by atoms with Gasteiger partial charge in [0.25, 0.3) is 0 Å². The van der Waals surface area contributed by atoms with Gasteiger partial charge in [-0.05, 0) is 5.41 Å². The highest BCUT2D eigenvalue weighted by molar-refractivity contribution is 5.84. The van der Waals surface area contributed by atoms with E-state index in [2.05, 4.69) is 0 Å². The minimum atomic E-state index is -4.63. The summed E-state index contributed by atoms with van der Waals surface area (Å²) in [6.07, 6.45) is -6.31. The molecule has 0 unspecified atom stereocenters. The Balaban J connectivity index is 4.56. The zero-order chi connectivity index (χ0) is 13.1. The highest BCUT2D eigenvalue weighted by Gasteiger charge is 2.36. The first-order chi connectivity index (χ1) is 6.93. The van der Waals surface area contributed by atoms with Gasteiger partial charge < -0.3 is 10.4 Å². The Bertz CT molecular complexity index is 281. The third kappa shape index (κ3) is 5.57. The summed E-state index contributed by atoms with van der Waals surface area (Å²) in [4.78, 5) is 21.7. The number of hydrogen-bond donors (Lipinski definition) is 2. The molecule has 0 aromatic heterocycles. The molecule has 0 fully saturated rings. The van der Waals surface area contributed by atoms with E-state index in [-0.39, 0.29) is 0 Å². The molecule has 0 aromatic rings. The van der Waals surface area contributed by atoms with Crippen molar-refractivity contribution in [2.24, 2.45) is 5.41 Å². The van der Waals surface area contributed by atoms with Crippen LogP contribution in [0.15, 0.2) is 0 Å². The number of halogens is 3. The van der Waals surface area contributed by atoms with Crippen LogP contribution >= 0.6 is 0 Å². The predicted molar refractivity (Wildman–Crippen MR) is 49.7 cm³/mol. The molecule has 0 aromatic carbocycles. The Kier molecular flexibility index (Phi) is 4.34. The van der Waals surface area contributed by atoms with Crippen molar-refractivity contribution in [2.45, 2.75) is 39.4 Å². The van der Waals surface area contributed by atoms with E-state index >= 15 is 0 Å². The molecule has 0 heterocycles. The monoisotopic (exact) mass is 241 g/mol. The van der Waals surface area contributed by atoms with Gasteiger partial charge in [0.2, 0.25) is 5.91 Å². The third-order valence-electron chi connectivity index (χ3n) is 1.78. The fraction of sp³-hybridized carbons (Fsp3) is 0.778. The maximum Gasteiger partial charge on any atom is 0.397 e. The van der Waals surface area contributed by atoms with E-state index in [9.17, 15) is 22.8 Å². The van der Waals surface area contributed by atoms with Gasteiger partial charge in [-0.2, -0.15) is 13.2 Å². The summed E-state index contributed by atoms with van der Waals surface area (Å²) in [6.45, 7) is 4.54. The van der Waals surface area contributed by atoms with Crippen molar-refractivity contribution in [3.05, 3.63) is 0 Å². The molecule has 1 atom stereocenters. The number of nitrogens with one attached hydrogen (secondary N) is 1. The van der Waals surface area contributed by atoms with Gasteiger partial charge >= 0.3 is 12.1 Å². The summed E-state index contributed by atoms with van der Waals surface area (Å²) in [5.74, 6) is -2.70. The lowest BCUT2D eigenvalue weighted by Crippen LogP contribution is -2.49. The second-order valence-electron chi connectivity index (χ2n) is 4.50. The SMILES string of the molecule is CC(C)(C)[C@@H](NC(=O)CC(F)(F)F)C(=O)O. The van der Waals surface area contributed by atoms with Crippen LogP contribution in [-0.4, -0.2) is 29.2 Å².